The minimum Gasteiger partial charge on any atom is -0.379 e. The number of hydrogen-bond donors (Lipinski definition) is 1. The largest absolute Gasteiger partial charge is 0.379 e. The molecule has 2 heterocycles. The standard InChI is InChI=1S/C23H26FN3O5S/c24-19-3-1-2-18(16-19)23(29)26-10-8-17(9-11-26)22(28)25-20-4-6-21(7-5-20)33(30,31)27-12-14-32-15-13-27/h1-7,16-17H,8-15H2,(H,25,28). The second-order valence-electron chi connectivity index (χ2n) is 8.11. The molecule has 2 aromatic rings. The molecular weight excluding hydrogens is 449 g/mol. The summed E-state index contributed by atoms with van der Waals surface area (Å²) < 4.78 is 45.4. The van der Waals surface area contributed by atoms with Crippen LogP contribution in [-0.4, -0.2) is 68.8 Å². The van der Waals surface area contributed by atoms with Gasteiger partial charge in [-0.3, -0.25) is 9.59 Å². The Kier molecular flexibility index (Phi) is 7.06. The third-order valence-corrected chi connectivity index (χ3v) is 7.87. The van der Waals surface area contributed by atoms with Crippen LogP contribution in [0.5, 0.6) is 0 Å². The molecule has 0 saturated carbocycles. The Balaban J connectivity index is 1.31. The van der Waals surface area contributed by atoms with Crippen LogP contribution < -0.4 is 5.32 Å². The van der Waals surface area contributed by atoms with E-state index >= 15 is 0 Å². The number of amides is 2. The Hall–Kier alpha value is -2.82. The summed E-state index contributed by atoms with van der Waals surface area (Å²) in [7, 11) is -3.59. The van der Waals surface area contributed by atoms with Crippen molar-refractivity contribution >= 4 is 27.5 Å². The molecule has 0 atom stereocenters. The lowest BCUT2D eigenvalue weighted by Crippen LogP contribution is -2.41. The van der Waals surface area contributed by atoms with E-state index in [1.807, 2.05) is 0 Å². The van der Waals surface area contributed by atoms with Crippen molar-refractivity contribution in [1.29, 1.82) is 0 Å². The highest BCUT2D eigenvalue weighted by Crippen LogP contribution is 2.23. The minimum atomic E-state index is -3.59. The van der Waals surface area contributed by atoms with Gasteiger partial charge >= 0.3 is 0 Å². The molecule has 10 heteroatoms. The number of ether oxygens (including phenoxy) is 1. The second-order valence-corrected chi connectivity index (χ2v) is 10.0. The maximum Gasteiger partial charge on any atom is 0.253 e. The molecule has 2 amide bonds. The van der Waals surface area contributed by atoms with Gasteiger partial charge in [-0.15, -0.1) is 0 Å². The summed E-state index contributed by atoms with van der Waals surface area (Å²) in [6.07, 6.45) is 0.993. The number of anilines is 1. The summed E-state index contributed by atoms with van der Waals surface area (Å²) in [4.78, 5) is 27.0. The number of carbonyl (C=O) groups is 2. The minimum absolute atomic E-state index is 0.170. The summed E-state index contributed by atoms with van der Waals surface area (Å²) in [5.74, 6) is -1.14. The molecule has 0 bridgehead atoms. The smallest absolute Gasteiger partial charge is 0.253 e. The van der Waals surface area contributed by atoms with E-state index in [4.69, 9.17) is 4.74 Å². The molecule has 0 aromatic heterocycles. The Labute approximate surface area is 192 Å². The van der Waals surface area contributed by atoms with E-state index in [1.54, 1.807) is 23.1 Å². The van der Waals surface area contributed by atoms with Crippen LogP contribution in [0.3, 0.4) is 0 Å². The lowest BCUT2D eigenvalue weighted by Gasteiger charge is -2.31. The zero-order valence-electron chi connectivity index (χ0n) is 18.1. The molecular formula is C23H26FN3O5S. The van der Waals surface area contributed by atoms with Crippen molar-refractivity contribution in [3.63, 3.8) is 0 Å². The van der Waals surface area contributed by atoms with Gasteiger partial charge < -0.3 is 15.0 Å². The van der Waals surface area contributed by atoms with Gasteiger partial charge in [0.15, 0.2) is 0 Å². The van der Waals surface area contributed by atoms with Gasteiger partial charge in [0.2, 0.25) is 15.9 Å². The highest BCUT2D eigenvalue weighted by Gasteiger charge is 2.29. The molecule has 2 aromatic carbocycles. The predicted molar refractivity (Wildman–Crippen MR) is 120 cm³/mol. The Bertz CT molecular complexity index is 1110. The molecule has 176 valence electrons. The molecule has 2 saturated heterocycles. The molecule has 2 fully saturated rings. The fourth-order valence-electron chi connectivity index (χ4n) is 4.04. The molecule has 0 spiro atoms. The van der Waals surface area contributed by atoms with Gasteiger partial charge in [-0.2, -0.15) is 4.31 Å². The first-order valence-corrected chi connectivity index (χ1v) is 12.3. The van der Waals surface area contributed by atoms with Crippen molar-refractivity contribution in [2.75, 3.05) is 44.7 Å². The summed E-state index contributed by atoms with van der Waals surface area (Å²) >= 11 is 0. The maximum atomic E-state index is 13.4. The maximum absolute atomic E-state index is 13.4. The third-order valence-electron chi connectivity index (χ3n) is 5.95. The van der Waals surface area contributed by atoms with Crippen molar-refractivity contribution in [2.45, 2.75) is 17.7 Å². The fourth-order valence-corrected chi connectivity index (χ4v) is 5.45. The van der Waals surface area contributed by atoms with Gasteiger partial charge in [0.05, 0.1) is 18.1 Å². The number of likely N-dealkylation sites (tertiary alicyclic amines) is 1. The molecule has 4 rings (SSSR count). The molecule has 8 nitrogen and oxygen atoms in total. The second kappa shape index (κ2) is 9.98. The number of sulfonamides is 1. The number of benzene rings is 2. The first kappa shape index (κ1) is 23.3. The average molecular weight is 476 g/mol. The van der Waals surface area contributed by atoms with Crippen molar-refractivity contribution < 1.29 is 27.1 Å². The Morgan fingerprint density at radius 2 is 1.64 bits per heavy atom. The van der Waals surface area contributed by atoms with E-state index in [-0.39, 0.29) is 22.6 Å². The first-order chi connectivity index (χ1) is 15.8. The van der Waals surface area contributed by atoms with E-state index in [1.165, 1.54) is 34.6 Å². The van der Waals surface area contributed by atoms with Crippen molar-refractivity contribution in [3.8, 4) is 0 Å². The number of morpholine rings is 1. The summed E-state index contributed by atoms with van der Waals surface area (Å²) in [6.45, 7) is 2.21. The molecule has 0 unspecified atom stereocenters. The lowest BCUT2D eigenvalue weighted by atomic mass is 9.95. The number of halogens is 1. The summed E-state index contributed by atoms with van der Waals surface area (Å²) in [6, 6.07) is 11.7. The van der Waals surface area contributed by atoms with Crippen LogP contribution in [0.4, 0.5) is 10.1 Å². The fraction of sp³-hybridized carbons (Fsp3) is 0.391. The van der Waals surface area contributed by atoms with E-state index < -0.39 is 15.8 Å². The molecule has 0 aliphatic carbocycles. The number of nitrogens with zero attached hydrogens (tertiary/aromatic N) is 2. The number of piperidine rings is 1. The van der Waals surface area contributed by atoms with Crippen molar-refractivity contribution in [1.82, 2.24) is 9.21 Å². The van der Waals surface area contributed by atoms with E-state index in [2.05, 4.69) is 5.32 Å². The van der Waals surface area contributed by atoms with Crippen LogP contribution in [0.25, 0.3) is 0 Å². The Morgan fingerprint density at radius 1 is 0.970 bits per heavy atom. The van der Waals surface area contributed by atoms with Gasteiger partial charge in [0.25, 0.3) is 5.91 Å². The predicted octanol–water partition coefficient (Wildman–Crippen LogP) is 2.34. The van der Waals surface area contributed by atoms with Gasteiger partial charge in [-0.05, 0) is 55.3 Å². The number of hydrogen-bond acceptors (Lipinski definition) is 5. The molecule has 2 aliphatic heterocycles. The molecule has 0 radical (unpaired) electrons. The third kappa shape index (κ3) is 5.40. The van der Waals surface area contributed by atoms with Crippen LogP contribution in [0.1, 0.15) is 23.2 Å². The molecule has 1 N–H and O–H groups in total. The van der Waals surface area contributed by atoms with Crippen LogP contribution in [0.15, 0.2) is 53.4 Å². The van der Waals surface area contributed by atoms with Gasteiger partial charge in [0, 0.05) is 43.3 Å². The molecule has 33 heavy (non-hydrogen) atoms. The highest BCUT2D eigenvalue weighted by molar-refractivity contribution is 7.89. The van der Waals surface area contributed by atoms with Gasteiger partial charge in [0.1, 0.15) is 5.82 Å². The zero-order chi connectivity index (χ0) is 23.4. The van der Waals surface area contributed by atoms with Crippen LogP contribution >= 0.6 is 0 Å². The Morgan fingerprint density at radius 3 is 2.27 bits per heavy atom. The van der Waals surface area contributed by atoms with Crippen LogP contribution in [-0.2, 0) is 19.6 Å². The van der Waals surface area contributed by atoms with E-state index in [9.17, 15) is 22.4 Å². The van der Waals surface area contributed by atoms with Crippen molar-refractivity contribution in [3.05, 3.63) is 59.9 Å². The van der Waals surface area contributed by atoms with Crippen LogP contribution in [0.2, 0.25) is 0 Å². The monoisotopic (exact) mass is 475 g/mol. The zero-order valence-corrected chi connectivity index (χ0v) is 18.9. The van der Waals surface area contributed by atoms with Gasteiger partial charge in [-0.1, -0.05) is 6.07 Å². The normalized spacial score (nSPS) is 18.2. The number of nitrogens with one attached hydrogen (secondary N) is 1. The lowest BCUT2D eigenvalue weighted by molar-refractivity contribution is -0.121. The number of rotatable bonds is 5. The topological polar surface area (TPSA) is 96.0 Å². The molecule has 2 aliphatic rings. The van der Waals surface area contributed by atoms with Crippen LogP contribution in [0, 0.1) is 11.7 Å². The average Bonchev–Trinajstić information content (AvgIpc) is 2.84. The highest BCUT2D eigenvalue weighted by atomic mass is 32.2. The van der Waals surface area contributed by atoms with E-state index in [0.717, 1.165) is 0 Å². The summed E-state index contributed by atoms with van der Waals surface area (Å²) in [5.41, 5.74) is 0.809. The summed E-state index contributed by atoms with van der Waals surface area (Å²) in [5, 5.41) is 2.83. The SMILES string of the molecule is O=C(Nc1ccc(S(=O)(=O)N2CCOCC2)cc1)C1CCN(C(=O)c2cccc(F)c2)CC1. The number of carbonyl (C=O) groups excluding carboxylic acids is 2. The quantitative estimate of drug-likeness (QED) is 0.716. The van der Waals surface area contributed by atoms with Gasteiger partial charge in [-0.25, -0.2) is 12.8 Å². The van der Waals surface area contributed by atoms with E-state index in [0.29, 0.717) is 63.5 Å². The van der Waals surface area contributed by atoms with Crippen molar-refractivity contribution in [2.24, 2.45) is 5.92 Å². The first-order valence-electron chi connectivity index (χ1n) is 10.9.